The van der Waals surface area contributed by atoms with Crippen LogP contribution in [0.25, 0.3) is 0 Å². The van der Waals surface area contributed by atoms with Gasteiger partial charge in [-0.2, -0.15) is 0 Å². The summed E-state index contributed by atoms with van der Waals surface area (Å²) in [6.07, 6.45) is 0.845. The van der Waals surface area contributed by atoms with Crippen molar-refractivity contribution in [3.05, 3.63) is 48.4 Å². The van der Waals surface area contributed by atoms with Gasteiger partial charge in [0.15, 0.2) is 6.10 Å². The van der Waals surface area contributed by atoms with E-state index in [0.717, 1.165) is 0 Å². The molecule has 0 aliphatic carbocycles. The van der Waals surface area contributed by atoms with Crippen molar-refractivity contribution in [3.8, 4) is 11.5 Å². The van der Waals surface area contributed by atoms with E-state index in [2.05, 4.69) is 10.3 Å². The number of nitrogens with one attached hydrogen (secondary N) is 1. The van der Waals surface area contributed by atoms with Crippen LogP contribution in [0.2, 0.25) is 0 Å². The molecule has 1 atom stereocenters. The standard InChI is InChI=1S/C16H15FN2O4/c17-11-1-3-12(4-2-11)23-13-5-6-15(18-9-13)19-16(20)14-10-21-7-8-22-14/h1-6,9,14H,7-8,10H2,(H,18,19,20). The summed E-state index contributed by atoms with van der Waals surface area (Å²) < 4.78 is 28.8. The number of halogens is 1. The molecule has 1 fully saturated rings. The molecule has 0 radical (unpaired) electrons. The number of benzene rings is 1. The number of anilines is 1. The lowest BCUT2D eigenvalue weighted by atomic mass is 10.3. The summed E-state index contributed by atoms with van der Waals surface area (Å²) in [4.78, 5) is 16.1. The average Bonchev–Trinajstić information content (AvgIpc) is 2.59. The number of carbonyl (C=O) groups is 1. The van der Waals surface area contributed by atoms with E-state index in [4.69, 9.17) is 14.2 Å². The fourth-order valence-electron chi connectivity index (χ4n) is 2.00. The first-order chi connectivity index (χ1) is 11.2. The van der Waals surface area contributed by atoms with Gasteiger partial charge >= 0.3 is 0 Å². The molecule has 1 aromatic carbocycles. The summed E-state index contributed by atoms with van der Waals surface area (Å²) in [6, 6.07) is 8.93. The largest absolute Gasteiger partial charge is 0.456 e. The van der Waals surface area contributed by atoms with Gasteiger partial charge in [-0.1, -0.05) is 0 Å². The van der Waals surface area contributed by atoms with Gasteiger partial charge in [-0.05, 0) is 36.4 Å². The van der Waals surface area contributed by atoms with E-state index in [1.807, 2.05) is 0 Å². The van der Waals surface area contributed by atoms with Crippen LogP contribution in [0.3, 0.4) is 0 Å². The van der Waals surface area contributed by atoms with E-state index in [9.17, 15) is 9.18 Å². The highest BCUT2D eigenvalue weighted by Gasteiger charge is 2.22. The zero-order valence-electron chi connectivity index (χ0n) is 12.2. The summed E-state index contributed by atoms with van der Waals surface area (Å²) >= 11 is 0. The van der Waals surface area contributed by atoms with Crippen LogP contribution in [0.1, 0.15) is 0 Å². The summed E-state index contributed by atoms with van der Waals surface area (Å²) in [7, 11) is 0. The number of aromatic nitrogens is 1. The molecule has 1 aromatic heterocycles. The molecular formula is C16H15FN2O4. The Morgan fingerprint density at radius 3 is 2.61 bits per heavy atom. The van der Waals surface area contributed by atoms with Crippen molar-refractivity contribution >= 4 is 11.7 Å². The second-order valence-corrected chi connectivity index (χ2v) is 4.86. The van der Waals surface area contributed by atoms with Crippen molar-refractivity contribution in [1.82, 2.24) is 4.98 Å². The van der Waals surface area contributed by atoms with Crippen molar-refractivity contribution in [1.29, 1.82) is 0 Å². The van der Waals surface area contributed by atoms with Crippen LogP contribution in [-0.2, 0) is 14.3 Å². The molecule has 2 aromatic rings. The van der Waals surface area contributed by atoms with Gasteiger partial charge in [0, 0.05) is 0 Å². The first kappa shape index (κ1) is 15.4. The average molecular weight is 318 g/mol. The molecule has 0 spiro atoms. The molecule has 6 nitrogen and oxygen atoms in total. The molecule has 23 heavy (non-hydrogen) atoms. The summed E-state index contributed by atoms with van der Waals surface area (Å²) in [5.41, 5.74) is 0. The summed E-state index contributed by atoms with van der Waals surface area (Å²) in [5.74, 6) is 0.729. The second kappa shape index (κ2) is 7.17. The first-order valence-electron chi connectivity index (χ1n) is 7.10. The zero-order chi connectivity index (χ0) is 16.1. The molecule has 2 heterocycles. The van der Waals surface area contributed by atoms with Crippen molar-refractivity contribution in [2.24, 2.45) is 0 Å². The Morgan fingerprint density at radius 2 is 1.96 bits per heavy atom. The maximum absolute atomic E-state index is 12.8. The van der Waals surface area contributed by atoms with Crippen molar-refractivity contribution in [2.45, 2.75) is 6.10 Å². The van der Waals surface area contributed by atoms with Gasteiger partial charge < -0.3 is 19.5 Å². The Balaban J connectivity index is 1.58. The number of hydrogen-bond acceptors (Lipinski definition) is 5. The minimum atomic E-state index is -0.624. The number of hydrogen-bond donors (Lipinski definition) is 1. The highest BCUT2D eigenvalue weighted by Crippen LogP contribution is 2.21. The van der Waals surface area contributed by atoms with Gasteiger partial charge in [0.2, 0.25) is 0 Å². The molecule has 3 rings (SSSR count). The number of ether oxygens (including phenoxy) is 3. The van der Waals surface area contributed by atoms with Crippen molar-refractivity contribution in [3.63, 3.8) is 0 Å². The molecule has 0 bridgehead atoms. The van der Waals surface area contributed by atoms with Crippen LogP contribution >= 0.6 is 0 Å². The Labute approximate surface area is 132 Å². The predicted molar refractivity (Wildman–Crippen MR) is 79.9 cm³/mol. The lowest BCUT2D eigenvalue weighted by Gasteiger charge is -2.21. The van der Waals surface area contributed by atoms with Gasteiger partial charge in [-0.25, -0.2) is 9.37 Å². The fourth-order valence-corrected chi connectivity index (χ4v) is 2.00. The fraction of sp³-hybridized carbons (Fsp3) is 0.250. The lowest BCUT2D eigenvalue weighted by Crippen LogP contribution is -2.39. The highest BCUT2D eigenvalue weighted by molar-refractivity contribution is 5.93. The number of amides is 1. The van der Waals surface area contributed by atoms with Crippen LogP contribution in [0.5, 0.6) is 11.5 Å². The van der Waals surface area contributed by atoms with E-state index in [-0.39, 0.29) is 18.3 Å². The Bertz CT molecular complexity index is 655. The monoisotopic (exact) mass is 318 g/mol. The Morgan fingerprint density at radius 1 is 1.17 bits per heavy atom. The normalized spacial score (nSPS) is 17.5. The third-order valence-corrected chi connectivity index (χ3v) is 3.15. The molecule has 1 unspecified atom stereocenters. The molecule has 1 amide bonds. The number of pyridine rings is 1. The van der Waals surface area contributed by atoms with Crippen molar-refractivity contribution < 1.29 is 23.4 Å². The Hall–Kier alpha value is -2.51. The third kappa shape index (κ3) is 4.24. The van der Waals surface area contributed by atoms with Crippen LogP contribution < -0.4 is 10.1 Å². The number of rotatable bonds is 4. The highest BCUT2D eigenvalue weighted by atomic mass is 19.1. The van der Waals surface area contributed by atoms with E-state index in [1.54, 1.807) is 12.1 Å². The maximum atomic E-state index is 12.8. The minimum Gasteiger partial charge on any atom is -0.456 e. The molecular weight excluding hydrogens is 303 g/mol. The number of carbonyl (C=O) groups excluding carboxylic acids is 1. The van der Waals surface area contributed by atoms with E-state index in [0.29, 0.717) is 30.5 Å². The number of nitrogens with zero attached hydrogens (tertiary/aromatic N) is 1. The molecule has 1 saturated heterocycles. The molecule has 1 N–H and O–H groups in total. The predicted octanol–water partition coefficient (Wildman–Crippen LogP) is 2.37. The molecule has 0 saturated carbocycles. The van der Waals surface area contributed by atoms with Crippen molar-refractivity contribution in [2.75, 3.05) is 25.1 Å². The quantitative estimate of drug-likeness (QED) is 0.937. The smallest absolute Gasteiger partial charge is 0.257 e. The molecule has 1 aliphatic rings. The molecule has 120 valence electrons. The maximum Gasteiger partial charge on any atom is 0.257 e. The van der Waals surface area contributed by atoms with Crippen LogP contribution in [0.15, 0.2) is 42.6 Å². The zero-order valence-corrected chi connectivity index (χ0v) is 12.2. The SMILES string of the molecule is O=C(Nc1ccc(Oc2ccc(F)cc2)cn1)C1COCCO1. The van der Waals surface area contributed by atoms with Crippen LogP contribution in [0.4, 0.5) is 10.2 Å². The van der Waals surface area contributed by atoms with Gasteiger partial charge in [-0.3, -0.25) is 4.79 Å². The van der Waals surface area contributed by atoms with Gasteiger partial charge in [-0.15, -0.1) is 0 Å². The van der Waals surface area contributed by atoms with Crippen LogP contribution in [-0.4, -0.2) is 36.8 Å². The van der Waals surface area contributed by atoms with E-state index in [1.165, 1.54) is 30.5 Å². The molecule has 7 heteroatoms. The lowest BCUT2D eigenvalue weighted by molar-refractivity contribution is -0.142. The summed E-state index contributed by atoms with van der Waals surface area (Å²) in [6.45, 7) is 1.13. The second-order valence-electron chi connectivity index (χ2n) is 4.86. The minimum absolute atomic E-state index is 0.234. The van der Waals surface area contributed by atoms with Gasteiger partial charge in [0.25, 0.3) is 5.91 Å². The van der Waals surface area contributed by atoms with Crippen LogP contribution in [0, 0.1) is 5.82 Å². The third-order valence-electron chi connectivity index (χ3n) is 3.15. The van der Waals surface area contributed by atoms with Gasteiger partial charge in [0.05, 0.1) is 26.0 Å². The van der Waals surface area contributed by atoms with E-state index >= 15 is 0 Å². The molecule has 1 aliphatic heterocycles. The first-order valence-corrected chi connectivity index (χ1v) is 7.10. The van der Waals surface area contributed by atoms with E-state index < -0.39 is 6.10 Å². The topological polar surface area (TPSA) is 69.7 Å². The van der Waals surface area contributed by atoms with Gasteiger partial charge in [0.1, 0.15) is 23.1 Å². The Kier molecular flexibility index (Phi) is 4.80. The summed E-state index contributed by atoms with van der Waals surface area (Å²) in [5, 5.41) is 2.65.